The molecule has 0 radical (unpaired) electrons. The van der Waals surface area contributed by atoms with Crippen LogP contribution in [0.25, 0.3) is 0 Å². The second kappa shape index (κ2) is 5.03. The van der Waals surface area contributed by atoms with Crippen molar-refractivity contribution < 1.29 is 23.9 Å². The van der Waals surface area contributed by atoms with Crippen LogP contribution in [-0.2, 0) is 9.36 Å². The maximum absolute atomic E-state index is 11.0. The summed E-state index contributed by atoms with van der Waals surface area (Å²) in [6.07, 6.45) is 1.34. The van der Waals surface area contributed by atoms with Gasteiger partial charge < -0.3 is 15.1 Å². The molecule has 3 N–H and O–H groups in total. The van der Waals surface area contributed by atoms with Crippen LogP contribution >= 0.6 is 7.60 Å². The standard InChI is InChI=1S/C9H9N2O5P/c1-6-2-3-7(4-8(6)10-5-12)11-9(13)17(14,15)16/h2-4H,1H3,(H,11,13)(H2,14,15,16). The van der Waals surface area contributed by atoms with E-state index in [4.69, 9.17) is 9.79 Å². The van der Waals surface area contributed by atoms with E-state index in [1.807, 2.05) is 5.32 Å². The quantitative estimate of drug-likeness (QED) is 0.432. The van der Waals surface area contributed by atoms with E-state index < -0.39 is 13.2 Å². The van der Waals surface area contributed by atoms with Crippen molar-refractivity contribution in [3.8, 4) is 0 Å². The van der Waals surface area contributed by atoms with E-state index in [1.165, 1.54) is 18.2 Å². The van der Waals surface area contributed by atoms with Crippen LogP contribution in [0, 0.1) is 6.92 Å². The minimum absolute atomic E-state index is 0.137. The first-order valence-electron chi connectivity index (χ1n) is 4.40. The maximum atomic E-state index is 11.0. The first-order chi connectivity index (χ1) is 7.84. The van der Waals surface area contributed by atoms with Crippen LogP contribution in [0.5, 0.6) is 0 Å². The van der Waals surface area contributed by atoms with Crippen molar-refractivity contribution in [3.63, 3.8) is 0 Å². The summed E-state index contributed by atoms with van der Waals surface area (Å²) in [7, 11) is -4.82. The average Bonchev–Trinajstić information content (AvgIpc) is 2.22. The predicted molar refractivity (Wildman–Crippen MR) is 60.0 cm³/mol. The second-order valence-electron chi connectivity index (χ2n) is 3.18. The Labute approximate surface area is 96.3 Å². The van der Waals surface area contributed by atoms with Gasteiger partial charge in [-0.15, -0.1) is 0 Å². The molecule has 0 aliphatic rings. The van der Waals surface area contributed by atoms with E-state index in [2.05, 4.69) is 4.99 Å². The Morgan fingerprint density at radius 3 is 2.65 bits per heavy atom. The van der Waals surface area contributed by atoms with Crippen LogP contribution in [0.4, 0.5) is 16.2 Å². The molecule has 0 unspecified atom stereocenters. The van der Waals surface area contributed by atoms with Crippen LogP contribution in [0.1, 0.15) is 5.56 Å². The monoisotopic (exact) mass is 256 g/mol. The van der Waals surface area contributed by atoms with Crippen LogP contribution in [0.2, 0.25) is 0 Å². The van der Waals surface area contributed by atoms with Gasteiger partial charge in [-0.3, -0.25) is 4.79 Å². The number of hydrogen-bond acceptors (Lipinski definition) is 4. The number of carbonyl (C=O) groups excluding carboxylic acids is 2. The molecule has 1 rings (SSSR count). The minimum atomic E-state index is -4.82. The van der Waals surface area contributed by atoms with Gasteiger partial charge in [0.05, 0.1) is 5.69 Å². The number of aliphatic imine (C=N–C) groups is 1. The number of benzene rings is 1. The van der Waals surface area contributed by atoms with Gasteiger partial charge in [0.2, 0.25) is 6.08 Å². The highest BCUT2D eigenvalue weighted by molar-refractivity contribution is 7.70. The number of hydrogen-bond donors (Lipinski definition) is 3. The van der Waals surface area contributed by atoms with Gasteiger partial charge in [-0.1, -0.05) is 6.07 Å². The van der Waals surface area contributed by atoms with Gasteiger partial charge in [0.1, 0.15) is 0 Å². The Kier molecular flexibility index (Phi) is 3.93. The van der Waals surface area contributed by atoms with Crippen LogP contribution in [0.3, 0.4) is 0 Å². The van der Waals surface area contributed by atoms with Gasteiger partial charge in [-0.2, -0.15) is 4.99 Å². The van der Waals surface area contributed by atoms with Gasteiger partial charge >= 0.3 is 13.2 Å². The smallest absolute Gasteiger partial charge is 0.318 e. The third kappa shape index (κ3) is 3.62. The summed E-state index contributed by atoms with van der Waals surface area (Å²) in [6.45, 7) is 1.69. The topological polar surface area (TPSA) is 116 Å². The Morgan fingerprint density at radius 2 is 2.12 bits per heavy atom. The van der Waals surface area contributed by atoms with Crippen molar-refractivity contribution in [3.05, 3.63) is 23.8 Å². The number of nitrogens with zero attached hydrogens (tertiary/aromatic N) is 1. The summed E-state index contributed by atoms with van der Waals surface area (Å²) in [4.78, 5) is 41.7. The third-order valence-corrected chi connectivity index (χ3v) is 2.53. The Hall–Kier alpha value is -1.78. The molecular formula is C9H9N2O5P. The normalized spacial score (nSPS) is 10.5. The molecule has 0 atom stereocenters. The molecule has 0 aliphatic carbocycles. The lowest BCUT2D eigenvalue weighted by molar-refractivity contribution is 0.258. The predicted octanol–water partition coefficient (Wildman–Crippen LogP) is 1.67. The number of amides is 1. The number of isocyanates is 1. The van der Waals surface area contributed by atoms with Gasteiger partial charge in [0.15, 0.2) is 0 Å². The zero-order chi connectivity index (χ0) is 13.1. The number of rotatable bonds is 3. The number of carbonyl (C=O) groups is 1. The highest BCUT2D eigenvalue weighted by Gasteiger charge is 2.25. The molecular weight excluding hydrogens is 247 g/mol. The fourth-order valence-electron chi connectivity index (χ4n) is 1.05. The summed E-state index contributed by atoms with van der Waals surface area (Å²) in [5.41, 5.74) is -0.341. The lowest BCUT2D eigenvalue weighted by Gasteiger charge is -2.07. The molecule has 0 saturated carbocycles. The van der Waals surface area contributed by atoms with Crippen molar-refractivity contribution in [2.45, 2.75) is 6.92 Å². The highest BCUT2D eigenvalue weighted by atomic mass is 31.2. The molecule has 17 heavy (non-hydrogen) atoms. The SMILES string of the molecule is Cc1ccc(NC(=O)P(=O)(O)O)cc1N=C=O. The lowest BCUT2D eigenvalue weighted by Crippen LogP contribution is -2.09. The number of anilines is 1. The fraction of sp³-hybridized carbons (Fsp3) is 0.111. The minimum Gasteiger partial charge on any atom is -0.318 e. The molecule has 0 saturated heterocycles. The first kappa shape index (κ1) is 13.3. The van der Waals surface area contributed by atoms with Crippen molar-refractivity contribution in [2.24, 2.45) is 4.99 Å². The van der Waals surface area contributed by atoms with Crippen LogP contribution in [-0.4, -0.2) is 21.5 Å². The van der Waals surface area contributed by atoms with Crippen molar-refractivity contribution >= 4 is 30.7 Å². The lowest BCUT2D eigenvalue weighted by atomic mass is 10.2. The molecule has 0 heterocycles. The summed E-state index contributed by atoms with van der Waals surface area (Å²) < 4.78 is 10.6. The fourth-order valence-corrected chi connectivity index (χ4v) is 1.33. The summed E-state index contributed by atoms with van der Waals surface area (Å²) in [5, 5.41) is 2.02. The second-order valence-corrected chi connectivity index (χ2v) is 4.67. The van der Waals surface area contributed by atoms with E-state index in [0.717, 1.165) is 0 Å². The molecule has 90 valence electrons. The average molecular weight is 256 g/mol. The molecule has 0 aliphatic heterocycles. The molecule has 1 aromatic rings. The molecule has 1 aromatic carbocycles. The summed E-state index contributed by atoms with van der Waals surface area (Å²) in [6, 6.07) is 4.30. The highest BCUT2D eigenvalue weighted by Crippen LogP contribution is 2.37. The van der Waals surface area contributed by atoms with Crippen molar-refractivity contribution in [2.75, 3.05) is 5.32 Å². The Bertz CT molecular complexity index is 544. The zero-order valence-corrected chi connectivity index (χ0v) is 9.64. The number of nitrogens with one attached hydrogen (secondary N) is 1. The van der Waals surface area contributed by atoms with E-state index in [-0.39, 0.29) is 11.4 Å². The van der Waals surface area contributed by atoms with E-state index >= 15 is 0 Å². The van der Waals surface area contributed by atoms with Crippen LogP contribution < -0.4 is 5.32 Å². The van der Waals surface area contributed by atoms with Gasteiger partial charge in [-0.05, 0) is 24.6 Å². The maximum Gasteiger partial charge on any atom is 0.413 e. The summed E-state index contributed by atoms with van der Waals surface area (Å²) >= 11 is 0. The van der Waals surface area contributed by atoms with Gasteiger partial charge in [-0.25, -0.2) is 9.36 Å². The molecule has 0 fully saturated rings. The van der Waals surface area contributed by atoms with Gasteiger partial charge in [0, 0.05) is 5.69 Å². The molecule has 0 bridgehead atoms. The molecule has 0 spiro atoms. The Morgan fingerprint density at radius 1 is 1.47 bits per heavy atom. The Balaban J connectivity index is 3.02. The van der Waals surface area contributed by atoms with E-state index in [1.54, 1.807) is 13.0 Å². The van der Waals surface area contributed by atoms with Gasteiger partial charge in [0.25, 0.3) is 0 Å². The largest absolute Gasteiger partial charge is 0.413 e. The molecule has 8 heteroatoms. The van der Waals surface area contributed by atoms with Crippen molar-refractivity contribution in [1.29, 1.82) is 0 Å². The van der Waals surface area contributed by atoms with E-state index in [9.17, 15) is 14.2 Å². The molecule has 1 amide bonds. The molecule has 0 aromatic heterocycles. The number of aryl methyl sites for hydroxylation is 1. The first-order valence-corrected chi connectivity index (χ1v) is 6.01. The summed E-state index contributed by atoms with van der Waals surface area (Å²) in [5.74, 6) is 0. The van der Waals surface area contributed by atoms with E-state index in [0.29, 0.717) is 5.56 Å². The third-order valence-electron chi connectivity index (χ3n) is 1.89. The van der Waals surface area contributed by atoms with Crippen molar-refractivity contribution in [1.82, 2.24) is 0 Å². The zero-order valence-electron chi connectivity index (χ0n) is 8.75. The molecule has 7 nitrogen and oxygen atoms in total. The van der Waals surface area contributed by atoms with Crippen LogP contribution in [0.15, 0.2) is 23.2 Å².